The van der Waals surface area contributed by atoms with Gasteiger partial charge in [0.25, 0.3) is 0 Å². The Bertz CT molecular complexity index is 238. The first-order valence-electron chi connectivity index (χ1n) is 6.75. The number of carbonyl (C=O) groups is 1. The van der Waals surface area contributed by atoms with E-state index in [0.717, 1.165) is 38.5 Å². The molecule has 0 aliphatic heterocycles. The minimum atomic E-state index is -0.279. The predicted octanol–water partition coefficient (Wildman–Crippen LogP) is 1.32. The van der Waals surface area contributed by atoms with Gasteiger partial charge in [-0.25, -0.2) is 0 Å². The predicted molar refractivity (Wildman–Crippen MR) is 68.5 cm³/mol. The SMILES string of the molecule is CC(CCCO)NC(=O)CC1(N)CCCCC1. The third kappa shape index (κ3) is 5.50. The third-order valence-corrected chi connectivity index (χ3v) is 3.56. The monoisotopic (exact) mass is 242 g/mol. The number of hydrogen-bond acceptors (Lipinski definition) is 3. The fraction of sp³-hybridized carbons (Fsp3) is 0.923. The summed E-state index contributed by atoms with van der Waals surface area (Å²) in [6.45, 7) is 2.15. The van der Waals surface area contributed by atoms with Gasteiger partial charge in [-0.2, -0.15) is 0 Å². The molecule has 0 aromatic carbocycles. The molecule has 1 unspecified atom stereocenters. The molecule has 4 heteroatoms. The summed E-state index contributed by atoms with van der Waals surface area (Å²) < 4.78 is 0. The second kappa shape index (κ2) is 6.97. The molecule has 1 aliphatic carbocycles. The summed E-state index contributed by atoms with van der Waals surface area (Å²) in [4.78, 5) is 11.8. The van der Waals surface area contributed by atoms with Crippen LogP contribution in [0.2, 0.25) is 0 Å². The molecule has 0 saturated heterocycles. The maximum absolute atomic E-state index is 11.8. The van der Waals surface area contributed by atoms with Crippen molar-refractivity contribution in [1.29, 1.82) is 0 Å². The van der Waals surface area contributed by atoms with Gasteiger partial charge in [0.05, 0.1) is 0 Å². The molecule has 1 atom stereocenters. The topological polar surface area (TPSA) is 75.3 Å². The Morgan fingerprint density at radius 1 is 1.41 bits per heavy atom. The average molecular weight is 242 g/mol. The average Bonchev–Trinajstić information content (AvgIpc) is 2.26. The number of nitrogens with two attached hydrogens (primary N) is 1. The Morgan fingerprint density at radius 2 is 2.06 bits per heavy atom. The van der Waals surface area contributed by atoms with Gasteiger partial charge in [-0.1, -0.05) is 19.3 Å². The van der Waals surface area contributed by atoms with Gasteiger partial charge in [0.1, 0.15) is 0 Å². The van der Waals surface area contributed by atoms with Gasteiger partial charge in [-0.3, -0.25) is 4.79 Å². The maximum atomic E-state index is 11.8. The van der Waals surface area contributed by atoms with Crippen molar-refractivity contribution in [1.82, 2.24) is 5.32 Å². The zero-order valence-electron chi connectivity index (χ0n) is 10.9. The summed E-state index contributed by atoms with van der Waals surface area (Å²) in [5.74, 6) is 0.0554. The maximum Gasteiger partial charge on any atom is 0.222 e. The molecule has 4 N–H and O–H groups in total. The molecule has 0 aromatic heterocycles. The van der Waals surface area contributed by atoms with E-state index in [2.05, 4.69) is 5.32 Å². The van der Waals surface area contributed by atoms with Crippen LogP contribution in [0.3, 0.4) is 0 Å². The summed E-state index contributed by atoms with van der Waals surface area (Å²) in [5, 5.41) is 11.7. The molecule has 17 heavy (non-hydrogen) atoms. The third-order valence-electron chi connectivity index (χ3n) is 3.56. The fourth-order valence-corrected chi connectivity index (χ4v) is 2.55. The Hall–Kier alpha value is -0.610. The Balaban J connectivity index is 2.27. The number of aliphatic hydroxyl groups excluding tert-OH is 1. The summed E-state index contributed by atoms with van der Waals surface area (Å²) in [6, 6.07) is 0.127. The van der Waals surface area contributed by atoms with Crippen molar-refractivity contribution in [3.05, 3.63) is 0 Å². The number of aliphatic hydroxyl groups is 1. The molecule has 100 valence electrons. The lowest BCUT2D eigenvalue weighted by Crippen LogP contribution is -2.47. The Kier molecular flexibility index (Phi) is 5.92. The van der Waals surface area contributed by atoms with Gasteiger partial charge in [-0.05, 0) is 32.6 Å². The van der Waals surface area contributed by atoms with Crippen molar-refractivity contribution in [2.24, 2.45) is 5.73 Å². The van der Waals surface area contributed by atoms with E-state index in [0.29, 0.717) is 6.42 Å². The van der Waals surface area contributed by atoms with Crippen LogP contribution in [0.1, 0.15) is 58.3 Å². The van der Waals surface area contributed by atoms with E-state index < -0.39 is 0 Å². The van der Waals surface area contributed by atoms with Gasteiger partial charge >= 0.3 is 0 Å². The molecule has 1 fully saturated rings. The summed E-state index contributed by atoms with van der Waals surface area (Å²) in [7, 11) is 0. The highest BCUT2D eigenvalue weighted by molar-refractivity contribution is 5.77. The van der Waals surface area contributed by atoms with E-state index >= 15 is 0 Å². The van der Waals surface area contributed by atoms with Crippen LogP contribution in [0, 0.1) is 0 Å². The van der Waals surface area contributed by atoms with Crippen LogP contribution in [0.4, 0.5) is 0 Å². The minimum absolute atomic E-state index is 0.0554. The molecular weight excluding hydrogens is 216 g/mol. The zero-order chi connectivity index (χ0) is 12.7. The summed E-state index contributed by atoms with van der Waals surface area (Å²) >= 11 is 0. The van der Waals surface area contributed by atoms with E-state index in [4.69, 9.17) is 10.8 Å². The van der Waals surface area contributed by atoms with Gasteiger partial charge in [0, 0.05) is 24.6 Å². The number of carbonyl (C=O) groups excluding carboxylic acids is 1. The number of rotatable bonds is 6. The zero-order valence-corrected chi connectivity index (χ0v) is 10.9. The standard InChI is InChI=1S/C13H26N2O2/c1-11(6-5-9-16)15-12(17)10-13(14)7-3-2-4-8-13/h11,16H,2-10,14H2,1H3,(H,15,17). The number of hydrogen-bond donors (Lipinski definition) is 3. The second-order valence-electron chi connectivity index (χ2n) is 5.43. The van der Waals surface area contributed by atoms with Gasteiger partial charge in [0.2, 0.25) is 5.91 Å². The molecule has 0 bridgehead atoms. The Morgan fingerprint density at radius 3 is 2.65 bits per heavy atom. The van der Waals surface area contributed by atoms with Crippen molar-refractivity contribution in [3.63, 3.8) is 0 Å². The van der Waals surface area contributed by atoms with Crippen LogP contribution in [0.15, 0.2) is 0 Å². The highest BCUT2D eigenvalue weighted by Gasteiger charge is 2.30. The fourth-order valence-electron chi connectivity index (χ4n) is 2.55. The molecule has 1 rings (SSSR count). The van der Waals surface area contributed by atoms with Crippen molar-refractivity contribution in [2.75, 3.05) is 6.61 Å². The quantitative estimate of drug-likeness (QED) is 0.657. The molecule has 4 nitrogen and oxygen atoms in total. The van der Waals surface area contributed by atoms with E-state index in [1.165, 1.54) is 6.42 Å². The first kappa shape index (κ1) is 14.5. The second-order valence-corrected chi connectivity index (χ2v) is 5.43. The van der Waals surface area contributed by atoms with Gasteiger partial charge < -0.3 is 16.2 Å². The molecule has 0 radical (unpaired) electrons. The first-order valence-corrected chi connectivity index (χ1v) is 6.75. The minimum Gasteiger partial charge on any atom is -0.396 e. The van der Waals surface area contributed by atoms with Crippen molar-refractivity contribution in [3.8, 4) is 0 Å². The van der Waals surface area contributed by atoms with Crippen molar-refractivity contribution in [2.45, 2.75) is 69.9 Å². The smallest absolute Gasteiger partial charge is 0.222 e. The van der Waals surface area contributed by atoms with Crippen molar-refractivity contribution >= 4 is 5.91 Å². The van der Waals surface area contributed by atoms with Crippen LogP contribution in [0.5, 0.6) is 0 Å². The van der Waals surface area contributed by atoms with E-state index in [9.17, 15) is 4.79 Å². The normalized spacial score (nSPS) is 20.9. The van der Waals surface area contributed by atoms with Crippen LogP contribution in [-0.2, 0) is 4.79 Å². The van der Waals surface area contributed by atoms with Crippen LogP contribution < -0.4 is 11.1 Å². The highest BCUT2D eigenvalue weighted by atomic mass is 16.2. The molecule has 0 spiro atoms. The van der Waals surface area contributed by atoms with Crippen LogP contribution in [0.25, 0.3) is 0 Å². The van der Waals surface area contributed by atoms with Crippen LogP contribution >= 0.6 is 0 Å². The molecule has 1 aliphatic rings. The Labute approximate surface area is 104 Å². The lowest BCUT2D eigenvalue weighted by molar-refractivity contribution is -0.123. The van der Waals surface area contributed by atoms with Crippen molar-refractivity contribution < 1.29 is 9.90 Å². The molecule has 0 aromatic rings. The largest absolute Gasteiger partial charge is 0.396 e. The molecular formula is C13H26N2O2. The number of amides is 1. The van der Waals surface area contributed by atoms with E-state index in [1.54, 1.807) is 0 Å². The van der Waals surface area contributed by atoms with Gasteiger partial charge in [-0.15, -0.1) is 0 Å². The first-order chi connectivity index (χ1) is 8.06. The highest BCUT2D eigenvalue weighted by Crippen LogP contribution is 2.28. The molecule has 1 saturated carbocycles. The van der Waals surface area contributed by atoms with E-state index in [-0.39, 0.29) is 24.1 Å². The van der Waals surface area contributed by atoms with Crippen LogP contribution in [-0.4, -0.2) is 29.2 Å². The summed E-state index contributed by atoms with van der Waals surface area (Å²) in [5.41, 5.74) is 5.96. The molecule has 0 heterocycles. The summed E-state index contributed by atoms with van der Waals surface area (Å²) in [6.07, 6.45) is 7.45. The number of nitrogens with one attached hydrogen (secondary N) is 1. The lowest BCUT2D eigenvalue weighted by atomic mass is 9.80. The lowest BCUT2D eigenvalue weighted by Gasteiger charge is -2.33. The van der Waals surface area contributed by atoms with Gasteiger partial charge in [0.15, 0.2) is 0 Å². The van der Waals surface area contributed by atoms with E-state index in [1.807, 2.05) is 6.92 Å². The molecule has 1 amide bonds.